The van der Waals surface area contributed by atoms with E-state index in [2.05, 4.69) is 25.1 Å². The first-order valence-electron chi connectivity index (χ1n) is 7.94. The van der Waals surface area contributed by atoms with Crippen molar-refractivity contribution >= 4 is 10.8 Å². The number of fused-ring (bicyclic) bond motifs is 1. The van der Waals surface area contributed by atoms with E-state index >= 15 is 0 Å². The van der Waals surface area contributed by atoms with Crippen LogP contribution in [0.2, 0.25) is 0 Å². The fourth-order valence-corrected chi connectivity index (χ4v) is 3.94. The molecule has 1 aliphatic carbocycles. The van der Waals surface area contributed by atoms with Gasteiger partial charge in [-0.25, -0.2) is 4.39 Å². The number of halogens is 1. The van der Waals surface area contributed by atoms with Crippen molar-refractivity contribution in [3.05, 3.63) is 47.8 Å². The van der Waals surface area contributed by atoms with E-state index < -0.39 is 0 Å². The molecule has 3 rings (SSSR count). The third-order valence-electron chi connectivity index (χ3n) is 4.85. The largest absolute Gasteiger partial charge is 0.309 e. The van der Waals surface area contributed by atoms with E-state index in [4.69, 9.17) is 0 Å². The summed E-state index contributed by atoms with van der Waals surface area (Å²) >= 11 is 0. The van der Waals surface area contributed by atoms with Crippen molar-refractivity contribution < 1.29 is 4.39 Å². The van der Waals surface area contributed by atoms with E-state index in [0.717, 1.165) is 17.3 Å². The van der Waals surface area contributed by atoms with Crippen LogP contribution in [0.15, 0.2) is 36.4 Å². The van der Waals surface area contributed by atoms with Crippen molar-refractivity contribution in [1.29, 1.82) is 0 Å². The van der Waals surface area contributed by atoms with Gasteiger partial charge in [0.1, 0.15) is 5.82 Å². The van der Waals surface area contributed by atoms with Crippen LogP contribution in [0.25, 0.3) is 10.8 Å². The summed E-state index contributed by atoms with van der Waals surface area (Å²) in [5, 5.41) is 1.76. The lowest BCUT2D eigenvalue weighted by atomic mass is 9.69. The molecule has 0 atom stereocenters. The fourth-order valence-electron chi connectivity index (χ4n) is 3.94. The van der Waals surface area contributed by atoms with Crippen LogP contribution in [0.1, 0.15) is 37.7 Å². The summed E-state index contributed by atoms with van der Waals surface area (Å²) in [6.07, 6.45) is 6.15. The van der Waals surface area contributed by atoms with Crippen molar-refractivity contribution in [3.8, 4) is 0 Å². The van der Waals surface area contributed by atoms with Gasteiger partial charge in [-0.05, 0) is 44.0 Å². The molecule has 0 aliphatic heterocycles. The van der Waals surface area contributed by atoms with Crippen LogP contribution in [0.3, 0.4) is 0 Å². The van der Waals surface area contributed by atoms with Crippen LogP contribution in [0.5, 0.6) is 0 Å². The van der Waals surface area contributed by atoms with Crippen molar-refractivity contribution in [3.63, 3.8) is 0 Å². The summed E-state index contributed by atoms with van der Waals surface area (Å²) in [4.78, 5) is 2.25. The van der Waals surface area contributed by atoms with Gasteiger partial charge in [0, 0.05) is 17.3 Å². The van der Waals surface area contributed by atoms with E-state index in [9.17, 15) is 4.39 Å². The second-order valence-electron chi connectivity index (χ2n) is 6.76. The molecular formula is C19H24FN. The van der Waals surface area contributed by atoms with Gasteiger partial charge in [0.15, 0.2) is 0 Å². The van der Waals surface area contributed by atoms with E-state index in [1.165, 1.54) is 37.7 Å². The minimum Gasteiger partial charge on any atom is -0.309 e. The molecule has 0 radical (unpaired) electrons. The zero-order valence-electron chi connectivity index (χ0n) is 13.0. The second-order valence-corrected chi connectivity index (χ2v) is 6.76. The first-order valence-corrected chi connectivity index (χ1v) is 7.94. The van der Waals surface area contributed by atoms with E-state index in [0.29, 0.717) is 0 Å². The van der Waals surface area contributed by atoms with Crippen molar-refractivity contribution in [1.82, 2.24) is 4.90 Å². The molecule has 1 nitrogen and oxygen atoms in total. The lowest BCUT2D eigenvalue weighted by Crippen LogP contribution is -2.39. The van der Waals surface area contributed by atoms with Crippen molar-refractivity contribution in [2.24, 2.45) is 0 Å². The number of hydrogen-bond donors (Lipinski definition) is 0. The number of nitrogens with zero attached hydrogens (tertiary/aromatic N) is 1. The monoisotopic (exact) mass is 285 g/mol. The Balaban J connectivity index is 2.10. The fraction of sp³-hybridized carbons (Fsp3) is 0.474. The standard InChI is InChI=1S/C19H24FN/c1-21(2)14-19(10-6-3-7-11-19)16-12-15-8-4-5-9-17(15)18(20)13-16/h4-5,8-9,12-13H,3,6-7,10-11,14H2,1-2H3. The molecule has 1 fully saturated rings. The Morgan fingerprint density at radius 1 is 1.05 bits per heavy atom. The van der Waals surface area contributed by atoms with Gasteiger partial charge in [0.25, 0.3) is 0 Å². The normalized spacial score (nSPS) is 18.3. The molecule has 0 saturated heterocycles. The molecule has 0 bridgehead atoms. The van der Waals surface area contributed by atoms with Gasteiger partial charge in [-0.15, -0.1) is 0 Å². The zero-order chi connectivity index (χ0) is 14.9. The highest BCUT2D eigenvalue weighted by Gasteiger charge is 2.34. The van der Waals surface area contributed by atoms with Crippen LogP contribution in [0, 0.1) is 5.82 Å². The van der Waals surface area contributed by atoms with Gasteiger partial charge in [0.05, 0.1) is 0 Å². The minimum atomic E-state index is -0.0770. The molecule has 0 N–H and O–H groups in total. The van der Waals surface area contributed by atoms with Crippen LogP contribution in [0.4, 0.5) is 4.39 Å². The molecule has 0 amide bonds. The maximum atomic E-state index is 14.5. The Morgan fingerprint density at radius 3 is 2.48 bits per heavy atom. The molecule has 1 saturated carbocycles. The predicted octanol–water partition coefficient (Wildman–Crippen LogP) is 4.74. The Morgan fingerprint density at radius 2 is 1.76 bits per heavy atom. The molecule has 2 aromatic carbocycles. The van der Waals surface area contributed by atoms with E-state index in [-0.39, 0.29) is 11.2 Å². The summed E-state index contributed by atoms with van der Waals surface area (Å²) in [6.45, 7) is 1.00. The van der Waals surface area contributed by atoms with Gasteiger partial charge in [-0.1, -0.05) is 49.6 Å². The minimum absolute atomic E-state index is 0.0770. The molecule has 2 aromatic rings. The third-order valence-corrected chi connectivity index (χ3v) is 4.85. The van der Waals surface area contributed by atoms with Gasteiger partial charge in [-0.2, -0.15) is 0 Å². The summed E-state index contributed by atoms with van der Waals surface area (Å²) in [5.41, 5.74) is 1.30. The highest BCUT2D eigenvalue weighted by atomic mass is 19.1. The molecule has 21 heavy (non-hydrogen) atoms. The molecule has 112 valence electrons. The highest BCUT2D eigenvalue weighted by molar-refractivity contribution is 5.84. The number of benzene rings is 2. The van der Waals surface area contributed by atoms with Crippen molar-refractivity contribution in [2.45, 2.75) is 37.5 Å². The quantitative estimate of drug-likeness (QED) is 0.787. The molecular weight excluding hydrogens is 261 g/mol. The lowest BCUT2D eigenvalue weighted by Gasteiger charge is -2.40. The van der Waals surface area contributed by atoms with Crippen LogP contribution >= 0.6 is 0 Å². The van der Waals surface area contributed by atoms with E-state index in [1.54, 1.807) is 6.07 Å². The van der Waals surface area contributed by atoms with Crippen molar-refractivity contribution in [2.75, 3.05) is 20.6 Å². The predicted molar refractivity (Wildman–Crippen MR) is 87.2 cm³/mol. The van der Waals surface area contributed by atoms with Crippen LogP contribution in [-0.4, -0.2) is 25.5 Å². The number of rotatable bonds is 3. The number of likely N-dealkylation sites (N-methyl/N-ethyl adjacent to an activating group) is 1. The molecule has 2 heteroatoms. The molecule has 0 aromatic heterocycles. The van der Waals surface area contributed by atoms with Crippen LogP contribution < -0.4 is 0 Å². The third kappa shape index (κ3) is 2.82. The second kappa shape index (κ2) is 5.76. The topological polar surface area (TPSA) is 3.24 Å². The van der Waals surface area contributed by atoms with Crippen LogP contribution in [-0.2, 0) is 5.41 Å². The molecule has 0 unspecified atom stereocenters. The molecule has 1 aliphatic rings. The average molecular weight is 285 g/mol. The van der Waals surface area contributed by atoms with Gasteiger partial charge < -0.3 is 4.90 Å². The maximum absolute atomic E-state index is 14.5. The smallest absolute Gasteiger partial charge is 0.131 e. The van der Waals surface area contributed by atoms with Gasteiger partial charge >= 0.3 is 0 Å². The SMILES string of the molecule is CN(C)CC1(c2cc(F)c3ccccc3c2)CCCCC1. The summed E-state index contributed by atoms with van der Waals surface area (Å²) < 4.78 is 14.5. The molecule has 0 spiro atoms. The Hall–Kier alpha value is -1.41. The number of hydrogen-bond acceptors (Lipinski definition) is 1. The summed E-state index contributed by atoms with van der Waals surface area (Å²) in [6, 6.07) is 11.8. The summed E-state index contributed by atoms with van der Waals surface area (Å²) in [7, 11) is 4.24. The Labute approximate surface area is 126 Å². The Kier molecular flexibility index (Phi) is 3.99. The van der Waals surface area contributed by atoms with Gasteiger partial charge in [-0.3, -0.25) is 0 Å². The summed E-state index contributed by atoms with van der Waals surface area (Å²) in [5.74, 6) is -0.0770. The van der Waals surface area contributed by atoms with E-state index in [1.807, 2.05) is 24.3 Å². The average Bonchev–Trinajstić information content (AvgIpc) is 2.47. The highest BCUT2D eigenvalue weighted by Crippen LogP contribution is 2.41. The molecule has 0 heterocycles. The Bertz CT molecular complexity index is 626. The van der Waals surface area contributed by atoms with Gasteiger partial charge in [0.2, 0.25) is 0 Å². The lowest BCUT2D eigenvalue weighted by molar-refractivity contribution is 0.215. The first-order chi connectivity index (χ1) is 10.1. The maximum Gasteiger partial charge on any atom is 0.131 e. The first kappa shape index (κ1) is 14.5. The zero-order valence-corrected chi connectivity index (χ0v) is 13.0.